The molecular formula is C12H15N3O. The predicted octanol–water partition coefficient (Wildman–Crippen LogP) is 1.18. The van der Waals surface area contributed by atoms with E-state index in [2.05, 4.69) is 0 Å². The number of para-hydroxylation sites is 1. The topological polar surface area (TPSA) is 70.1 Å². The first-order valence-corrected chi connectivity index (χ1v) is 5.09. The van der Waals surface area contributed by atoms with Crippen LogP contribution in [0.5, 0.6) is 0 Å². The van der Waals surface area contributed by atoms with Crippen LogP contribution in [0, 0.1) is 11.3 Å². The molecule has 4 nitrogen and oxygen atoms in total. The molecule has 0 spiro atoms. The third kappa shape index (κ3) is 3.28. The van der Waals surface area contributed by atoms with Crippen LogP contribution in [0.25, 0.3) is 0 Å². The van der Waals surface area contributed by atoms with Gasteiger partial charge in [0.05, 0.1) is 18.9 Å². The first-order chi connectivity index (χ1) is 7.65. The van der Waals surface area contributed by atoms with E-state index in [0.29, 0.717) is 18.7 Å². The Morgan fingerprint density at radius 3 is 2.81 bits per heavy atom. The molecule has 1 aromatic rings. The number of nitriles is 1. The Bertz CT molecular complexity index is 409. The number of hydrogen-bond donors (Lipinski definition) is 1. The van der Waals surface area contributed by atoms with Crippen LogP contribution in [0.15, 0.2) is 24.3 Å². The van der Waals surface area contributed by atoms with Crippen LogP contribution in [-0.4, -0.2) is 24.4 Å². The van der Waals surface area contributed by atoms with Crippen LogP contribution in [0.3, 0.4) is 0 Å². The molecule has 0 fully saturated rings. The van der Waals surface area contributed by atoms with Crippen molar-refractivity contribution in [3.8, 4) is 6.07 Å². The monoisotopic (exact) mass is 217 g/mol. The van der Waals surface area contributed by atoms with E-state index in [1.54, 1.807) is 18.0 Å². The number of hydrogen-bond acceptors (Lipinski definition) is 3. The number of nitrogen functional groups attached to an aromatic ring is 1. The van der Waals surface area contributed by atoms with Gasteiger partial charge >= 0.3 is 0 Å². The van der Waals surface area contributed by atoms with Gasteiger partial charge in [0.25, 0.3) is 0 Å². The lowest BCUT2D eigenvalue weighted by Crippen LogP contribution is -2.29. The average Bonchev–Trinajstić information content (AvgIpc) is 2.28. The molecule has 0 aliphatic heterocycles. The zero-order chi connectivity index (χ0) is 12.0. The molecule has 84 valence electrons. The Hall–Kier alpha value is -2.02. The molecule has 0 saturated heterocycles. The molecule has 4 heteroatoms. The lowest BCUT2D eigenvalue weighted by molar-refractivity contribution is -0.129. The van der Waals surface area contributed by atoms with Gasteiger partial charge in [0.2, 0.25) is 5.91 Å². The van der Waals surface area contributed by atoms with E-state index in [1.807, 2.05) is 24.3 Å². The Balaban J connectivity index is 2.58. The van der Waals surface area contributed by atoms with Gasteiger partial charge < -0.3 is 10.6 Å². The summed E-state index contributed by atoms with van der Waals surface area (Å²) in [7, 11) is 1.69. The molecular weight excluding hydrogens is 202 g/mol. The zero-order valence-electron chi connectivity index (χ0n) is 9.31. The van der Waals surface area contributed by atoms with Crippen molar-refractivity contribution in [3.05, 3.63) is 29.8 Å². The number of rotatable bonds is 4. The summed E-state index contributed by atoms with van der Waals surface area (Å²) in [5, 5.41) is 8.42. The summed E-state index contributed by atoms with van der Waals surface area (Å²) in [6.07, 6.45) is 0.640. The fraction of sp³-hybridized carbons (Fsp3) is 0.333. The molecule has 1 aromatic carbocycles. The second-order valence-corrected chi connectivity index (χ2v) is 3.60. The van der Waals surface area contributed by atoms with E-state index in [-0.39, 0.29) is 12.3 Å². The molecule has 2 N–H and O–H groups in total. The highest BCUT2D eigenvalue weighted by atomic mass is 16.2. The average molecular weight is 217 g/mol. The lowest BCUT2D eigenvalue weighted by atomic mass is 10.1. The van der Waals surface area contributed by atoms with Crippen molar-refractivity contribution < 1.29 is 4.79 Å². The summed E-state index contributed by atoms with van der Waals surface area (Å²) in [5.41, 5.74) is 7.21. The molecule has 0 saturated carbocycles. The van der Waals surface area contributed by atoms with E-state index in [0.717, 1.165) is 5.56 Å². The standard InChI is InChI=1S/C12H15N3O/c1-15(8-4-7-13)12(16)9-10-5-2-3-6-11(10)14/h2-3,5-6H,4,8-9,14H2,1H3. The van der Waals surface area contributed by atoms with Crippen LogP contribution in [0.1, 0.15) is 12.0 Å². The molecule has 0 unspecified atom stereocenters. The zero-order valence-corrected chi connectivity index (χ0v) is 9.31. The number of nitrogens with zero attached hydrogens (tertiary/aromatic N) is 2. The molecule has 0 heterocycles. The number of nitrogens with two attached hydrogens (primary N) is 1. The molecule has 16 heavy (non-hydrogen) atoms. The van der Waals surface area contributed by atoms with Crippen LogP contribution >= 0.6 is 0 Å². The SMILES string of the molecule is CN(CCC#N)C(=O)Cc1ccccc1N. The summed E-state index contributed by atoms with van der Waals surface area (Å²) in [4.78, 5) is 13.3. The van der Waals surface area contributed by atoms with E-state index >= 15 is 0 Å². The maximum Gasteiger partial charge on any atom is 0.226 e. The molecule has 1 rings (SSSR count). The van der Waals surface area contributed by atoms with E-state index < -0.39 is 0 Å². The fourth-order valence-electron chi connectivity index (χ4n) is 1.34. The first kappa shape index (κ1) is 12.1. The number of carbonyl (C=O) groups excluding carboxylic acids is 1. The fourth-order valence-corrected chi connectivity index (χ4v) is 1.34. The lowest BCUT2D eigenvalue weighted by Gasteiger charge is -2.15. The molecule has 0 aliphatic carbocycles. The quantitative estimate of drug-likeness (QED) is 0.770. The highest BCUT2D eigenvalue weighted by molar-refractivity contribution is 5.80. The minimum absolute atomic E-state index is 0.0202. The smallest absolute Gasteiger partial charge is 0.226 e. The number of benzene rings is 1. The van der Waals surface area contributed by atoms with Gasteiger partial charge in [-0.05, 0) is 11.6 Å². The minimum Gasteiger partial charge on any atom is -0.398 e. The van der Waals surface area contributed by atoms with Gasteiger partial charge in [-0.25, -0.2) is 0 Å². The van der Waals surface area contributed by atoms with Gasteiger partial charge in [0.1, 0.15) is 0 Å². The van der Waals surface area contributed by atoms with Gasteiger partial charge in [0.15, 0.2) is 0 Å². The van der Waals surface area contributed by atoms with Crippen molar-refractivity contribution >= 4 is 11.6 Å². The van der Waals surface area contributed by atoms with Crippen molar-refractivity contribution in [3.63, 3.8) is 0 Å². The largest absolute Gasteiger partial charge is 0.398 e. The Morgan fingerprint density at radius 2 is 2.19 bits per heavy atom. The van der Waals surface area contributed by atoms with Crippen LogP contribution in [-0.2, 0) is 11.2 Å². The number of likely N-dealkylation sites (N-methyl/N-ethyl adjacent to an activating group) is 1. The molecule has 0 aromatic heterocycles. The van der Waals surface area contributed by atoms with Crippen molar-refractivity contribution in [1.29, 1.82) is 5.26 Å². The van der Waals surface area contributed by atoms with E-state index in [9.17, 15) is 4.79 Å². The third-order valence-electron chi connectivity index (χ3n) is 2.38. The van der Waals surface area contributed by atoms with E-state index in [4.69, 9.17) is 11.0 Å². The number of carbonyl (C=O) groups is 1. The van der Waals surface area contributed by atoms with Gasteiger partial charge in [-0.1, -0.05) is 18.2 Å². The number of anilines is 1. The minimum atomic E-state index is -0.0202. The number of amides is 1. The third-order valence-corrected chi connectivity index (χ3v) is 2.38. The van der Waals surface area contributed by atoms with Crippen LogP contribution in [0.4, 0.5) is 5.69 Å². The molecule has 1 amide bonds. The van der Waals surface area contributed by atoms with Gasteiger partial charge in [-0.15, -0.1) is 0 Å². The summed E-state index contributed by atoms with van der Waals surface area (Å²) < 4.78 is 0. The Morgan fingerprint density at radius 1 is 1.50 bits per heavy atom. The summed E-state index contributed by atoms with van der Waals surface area (Å²) in [6, 6.07) is 9.32. The molecule has 0 aliphatic rings. The summed E-state index contributed by atoms with van der Waals surface area (Å²) >= 11 is 0. The van der Waals surface area contributed by atoms with Gasteiger partial charge in [0, 0.05) is 19.3 Å². The van der Waals surface area contributed by atoms with Crippen LogP contribution in [0.2, 0.25) is 0 Å². The maximum atomic E-state index is 11.7. The highest BCUT2D eigenvalue weighted by Crippen LogP contribution is 2.11. The van der Waals surface area contributed by atoms with Crippen molar-refractivity contribution in [2.45, 2.75) is 12.8 Å². The van der Waals surface area contributed by atoms with Crippen LogP contribution < -0.4 is 5.73 Å². The molecule has 0 atom stereocenters. The molecule has 0 radical (unpaired) electrons. The highest BCUT2D eigenvalue weighted by Gasteiger charge is 2.10. The predicted molar refractivity (Wildman–Crippen MR) is 62.4 cm³/mol. The Kier molecular flexibility index (Phi) is 4.34. The van der Waals surface area contributed by atoms with E-state index in [1.165, 1.54) is 0 Å². The van der Waals surface area contributed by atoms with Crippen molar-refractivity contribution in [2.24, 2.45) is 0 Å². The normalized spacial score (nSPS) is 9.50. The second-order valence-electron chi connectivity index (χ2n) is 3.60. The van der Waals surface area contributed by atoms with Crippen molar-refractivity contribution in [1.82, 2.24) is 4.90 Å². The van der Waals surface area contributed by atoms with Gasteiger partial charge in [-0.2, -0.15) is 5.26 Å². The Labute approximate surface area is 95.3 Å². The summed E-state index contributed by atoms with van der Waals surface area (Å²) in [6.45, 7) is 0.460. The second kappa shape index (κ2) is 5.76. The molecule has 0 bridgehead atoms. The first-order valence-electron chi connectivity index (χ1n) is 5.09. The van der Waals surface area contributed by atoms with Crippen molar-refractivity contribution in [2.75, 3.05) is 19.3 Å². The summed E-state index contributed by atoms with van der Waals surface area (Å²) in [5.74, 6) is -0.0202. The van der Waals surface area contributed by atoms with Gasteiger partial charge in [-0.3, -0.25) is 4.79 Å². The maximum absolute atomic E-state index is 11.7.